The van der Waals surface area contributed by atoms with Crippen LogP contribution in [0.4, 0.5) is 0 Å². The monoisotopic (exact) mass is 244 g/mol. The second-order valence-corrected chi connectivity index (χ2v) is 5.60. The highest BCUT2D eigenvalue weighted by Gasteiger charge is 2.24. The van der Waals surface area contributed by atoms with Crippen LogP contribution in [0.2, 0.25) is 0 Å². The maximum absolute atomic E-state index is 3.51. The molecule has 0 amide bonds. The fraction of sp³-hybridized carbons (Fsp3) is 0.625. The van der Waals surface area contributed by atoms with Gasteiger partial charge in [0.2, 0.25) is 0 Å². The molecule has 1 saturated heterocycles. The van der Waals surface area contributed by atoms with Crippen LogP contribution in [0.1, 0.15) is 42.9 Å². The third kappa shape index (κ3) is 2.60. The predicted molar refractivity (Wildman–Crippen MR) is 75.8 cm³/mol. The molecule has 0 aromatic heterocycles. The zero-order chi connectivity index (χ0) is 12.2. The average Bonchev–Trinajstić information content (AvgIpc) is 2.79. The first-order chi connectivity index (χ1) is 8.95. The minimum absolute atomic E-state index is 0.670. The molecule has 1 heterocycles. The van der Waals surface area contributed by atoms with E-state index in [1.54, 1.807) is 11.1 Å². The second kappa shape index (κ2) is 5.85. The van der Waals surface area contributed by atoms with Crippen LogP contribution in [0.25, 0.3) is 0 Å². The minimum atomic E-state index is 0.670. The smallest absolute Gasteiger partial charge is 0.0351 e. The van der Waals surface area contributed by atoms with E-state index in [4.69, 9.17) is 0 Å². The number of hydrogen-bond donors (Lipinski definition) is 1. The van der Waals surface area contributed by atoms with E-state index < -0.39 is 0 Å². The summed E-state index contributed by atoms with van der Waals surface area (Å²) in [4.78, 5) is 2.71. The van der Waals surface area contributed by atoms with Gasteiger partial charge in [0.25, 0.3) is 0 Å². The topological polar surface area (TPSA) is 15.3 Å². The van der Waals surface area contributed by atoms with Crippen LogP contribution in [-0.2, 0) is 6.42 Å². The molecule has 98 valence electrons. The standard InChI is InChI=1S/C16H24N2/c1-3-8-15-14(6-1)7-2-4-9-16(15)18-12-5-10-17-11-13-18/h1,3,6,8,16-17H,2,4-5,7,9-13H2. The number of hydrogen-bond acceptors (Lipinski definition) is 2. The Balaban J connectivity index is 1.86. The van der Waals surface area contributed by atoms with Gasteiger partial charge in [0.1, 0.15) is 0 Å². The van der Waals surface area contributed by atoms with Gasteiger partial charge in [-0.15, -0.1) is 0 Å². The van der Waals surface area contributed by atoms with Crippen molar-refractivity contribution in [1.29, 1.82) is 0 Å². The zero-order valence-corrected chi connectivity index (χ0v) is 11.2. The molecule has 2 aliphatic rings. The van der Waals surface area contributed by atoms with Crippen LogP contribution in [0, 0.1) is 0 Å². The van der Waals surface area contributed by atoms with Crippen LogP contribution in [0.3, 0.4) is 0 Å². The Morgan fingerprint density at radius 3 is 2.94 bits per heavy atom. The zero-order valence-electron chi connectivity index (χ0n) is 11.2. The normalized spacial score (nSPS) is 26.1. The number of benzene rings is 1. The van der Waals surface area contributed by atoms with E-state index in [9.17, 15) is 0 Å². The Morgan fingerprint density at radius 2 is 1.94 bits per heavy atom. The van der Waals surface area contributed by atoms with Crippen LogP contribution in [0.15, 0.2) is 24.3 Å². The first-order valence-electron chi connectivity index (χ1n) is 7.48. The number of nitrogens with one attached hydrogen (secondary N) is 1. The Morgan fingerprint density at radius 1 is 1.00 bits per heavy atom. The number of rotatable bonds is 1. The molecule has 0 radical (unpaired) electrons. The molecule has 1 unspecified atom stereocenters. The third-order valence-corrected chi connectivity index (χ3v) is 4.40. The van der Waals surface area contributed by atoms with Crippen molar-refractivity contribution >= 4 is 0 Å². The maximum Gasteiger partial charge on any atom is 0.0351 e. The molecule has 1 N–H and O–H groups in total. The van der Waals surface area contributed by atoms with Crippen LogP contribution in [0.5, 0.6) is 0 Å². The molecule has 0 bridgehead atoms. The molecule has 1 aliphatic heterocycles. The van der Waals surface area contributed by atoms with Crippen LogP contribution in [-0.4, -0.2) is 31.1 Å². The summed E-state index contributed by atoms with van der Waals surface area (Å²) in [6.07, 6.45) is 6.65. The van der Waals surface area contributed by atoms with Gasteiger partial charge in [-0.1, -0.05) is 30.7 Å². The van der Waals surface area contributed by atoms with Gasteiger partial charge in [0.15, 0.2) is 0 Å². The van der Waals surface area contributed by atoms with Gasteiger partial charge in [0.05, 0.1) is 0 Å². The molecule has 1 aromatic carbocycles. The van der Waals surface area contributed by atoms with E-state index in [-0.39, 0.29) is 0 Å². The summed E-state index contributed by atoms with van der Waals surface area (Å²) in [5.41, 5.74) is 3.20. The molecule has 0 saturated carbocycles. The van der Waals surface area contributed by atoms with Gasteiger partial charge in [-0.05, 0) is 43.4 Å². The maximum atomic E-state index is 3.51. The van der Waals surface area contributed by atoms with Crippen molar-refractivity contribution < 1.29 is 0 Å². The van der Waals surface area contributed by atoms with E-state index in [1.165, 1.54) is 51.7 Å². The Hall–Kier alpha value is -0.860. The van der Waals surface area contributed by atoms with Gasteiger partial charge < -0.3 is 5.32 Å². The van der Waals surface area contributed by atoms with Crippen molar-refractivity contribution in [1.82, 2.24) is 10.2 Å². The van der Waals surface area contributed by atoms with Crippen molar-refractivity contribution in [2.75, 3.05) is 26.2 Å². The van der Waals surface area contributed by atoms with Crippen LogP contribution >= 0.6 is 0 Å². The van der Waals surface area contributed by atoms with Gasteiger partial charge >= 0.3 is 0 Å². The fourth-order valence-corrected chi connectivity index (χ4v) is 3.45. The van der Waals surface area contributed by atoms with Gasteiger partial charge in [-0.25, -0.2) is 0 Å². The highest BCUT2D eigenvalue weighted by atomic mass is 15.2. The molecular formula is C16H24N2. The lowest BCUT2D eigenvalue weighted by molar-refractivity contribution is 0.199. The lowest BCUT2D eigenvalue weighted by atomic mass is 9.97. The summed E-state index contributed by atoms with van der Waals surface area (Å²) in [6.45, 7) is 4.80. The highest BCUT2D eigenvalue weighted by Crippen LogP contribution is 2.33. The van der Waals surface area contributed by atoms with Gasteiger partial charge in [-0.3, -0.25) is 4.90 Å². The summed E-state index contributed by atoms with van der Waals surface area (Å²) in [5, 5.41) is 3.51. The molecule has 1 atom stereocenters. The fourth-order valence-electron chi connectivity index (χ4n) is 3.45. The highest BCUT2D eigenvalue weighted by molar-refractivity contribution is 5.31. The Bertz CT molecular complexity index is 380. The van der Waals surface area contributed by atoms with E-state index in [0.717, 1.165) is 6.54 Å². The first kappa shape index (κ1) is 12.2. The summed E-state index contributed by atoms with van der Waals surface area (Å²) in [5.74, 6) is 0. The third-order valence-electron chi connectivity index (χ3n) is 4.40. The second-order valence-electron chi connectivity index (χ2n) is 5.60. The first-order valence-corrected chi connectivity index (χ1v) is 7.48. The lowest BCUT2D eigenvalue weighted by Gasteiger charge is -2.31. The van der Waals surface area contributed by atoms with E-state index in [1.807, 2.05) is 0 Å². The van der Waals surface area contributed by atoms with Gasteiger partial charge in [0, 0.05) is 25.7 Å². The molecule has 1 aliphatic carbocycles. The summed E-state index contributed by atoms with van der Waals surface area (Å²) >= 11 is 0. The largest absolute Gasteiger partial charge is 0.315 e. The molecule has 1 aromatic rings. The molecule has 1 fully saturated rings. The van der Waals surface area contributed by atoms with E-state index in [2.05, 4.69) is 34.5 Å². The summed E-state index contributed by atoms with van der Waals surface area (Å²) in [7, 11) is 0. The van der Waals surface area contributed by atoms with Crippen molar-refractivity contribution in [3.8, 4) is 0 Å². The van der Waals surface area contributed by atoms with E-state index >= 15 is 0 Å². The predicted octanol–water partition coefficient (Wildman–Crippen LogP) is 2.75. The molecule has 0 spiro atoms. The van der Waals surface area contributed by atoms with Crippen molar-refractivity contribution in [2.24, 2.45) is 0 Å². The quantitative estimate of drug-likeness (QED) is 0.764. The van der Waals surface area contributed by atoms with Crippen molar-refractivity contribution in [3.05, 3.63) is 35.4 Å². The number of fused-ring (bicyclic) bond motifs is 1. The summed E-state index contributed by atoms with van der Waals surface area (Å²) in [6, 6.07) is 9.79. The Kier molecular flexibility index (Phi) is 3.96. The number of nitrogens with zero attached hydrogens (tertiary/aromatic N) is 1. The van der Waals surface area contributed by atoms with Crippen molar-refractivity contribution in [2.45, 2.75) is 38.1 Å². The average molecular weight is 244 g/mol. The molecule has 2 nitrogen and oxygen atoms in total. The molecular weight excluding hydrogens is 220 g/mol. The van der Waals surface area contributed by atoms with Crippen molar-refractivity contribution in [3.63, 3.8) is 0 Å². The van der Waals surface area contributed by atoms with Crippen LogP contribution < -0.4 is 5.32 Å². The van der Waals surface area contributed by atoms with Gasteiger partial charge in [-0.2, -0.15) is 0 Å². The lowest BCUT2D eigenvalue weighted by Crippen LogP contribution is -2.32. The molecule has 18 heavy (non-hydrogen) atoms. The number of aryl methyl sites for hydroxylation is 1. The minimum Gasteiger partial charge on any atom is -0.315 e. The summed E-state index contributed by atoms with van der Waals surface area (Å²) < 4.78 is 0. The SMILES string of the molecule is c1ccc2c(c1)CCCCC2N1CCCNCC1. The molecule has 2 heteroatoms. The Labute approximate surface area is 110 Å². The molecule has 3 rings (SSSR count). The van der Waals surface area contributed by atoms with E-state index in [0.29, 0.717) is 6.04 Å².